The lowest BCUT2D eigenvalue weighted by molar-refractivity contribution is -0.0408. The summed E-state index contributed by atoms with van der Waals surface area (Å²) in [4.78, 5) is 36.3. The predicted molar refractivity (Wildman–Crippen MR) is 182 cm³/mol. The standard InChI is InChI=1S/C35H40N5O7P/c36-29-16-13-26(17-28(29)34(37)38)21-40-31(19-24-9-5-2-6-10-24)33(42)32(41)30(18-23-7-3-1-4-8-23)39(35(40)43)20-25-11-14-27(15-12-25)47-22-48(44,45)46/h1-17,30-33,41-42H,18-22,36H2,(H3,37,38)(H2,44,45,46)/t30-,31?,32+,33+/m1/s1. The first-order valence-corrected chi connectivity index (χ1v) is 17.2. The molecule has 48 heavy (non-hydrogen) atoms. The van der Waals surface area contributed by atoms with Crippen molar-refractivity contribution in [2.45, 2.75) is 50.2 Å². The van der Waals surface area contributed by atoms with E-state index < -0.39 is 44.3 Å². The van der Waals surface area contributed by atoms with Gasteiger partial charge < -0.3 is 46.0 Å². The van der Waals surface area contributed by atoms with Crippen LogP contribution in [0, 0.1) is 5.41 Å². The summed E-state index contributed by atoms with van der Waals surface area (Å²) in [6.07, 6.45) is -2.92. The molecule has 252 valence electrons. The molecule has 1 aliphatic rings. The Kier molecular flexibility index (Phi) is 10.8. The zero-order valence-electron chi connectivity index (χ0n) is 26.2. The Bertz CT molecular complexity index is 1750. The Hall–Kier alpha value is -4.71. The molecule has 0 aromatic heterocycles. The minimum Gasteiger partial charge on any atom is -0.481 e. The Morgan fingerprint density at radius 1 is 0.750 bits per heavy atom. The van der Waals surface area contributed by atoms with Crippen LogP contribution in [-0.4, -0.2) is 72.3 Å². The molecule has 1 fully saturated rings. The monoisotopic (exact) mass is 673 g/mol. The molecule has 4 atom stereocenters. The van der Waals surface area contributed by atoms with Gasteiger partial charge in [-0.1, -0.05) is 78.9 Å². The van der Waals surface area contributed by atoms with Crippen molar-refractivity contribution in [3.05, 3.63) is 131 Å². The number of benzene rings is 4. The number of carbonyl (C=O) groups excluding carboxylic acids is 1. The van der Waals surface area contributed by atoms with Crippen molar-refractivity contribution in [3.8, 4) is 5.75 Å². The number of nitrogens with one attached hydrogen (secondary N) is 1. The van der Waals surface area contributed by atoms with E-state index in [0.717, 1.165) is 11.1 Å². The fraction of sp³-hybridized carbons (Fsp3) is 0.257. The number of carbonyl (C=O) groups is 1. The van der Waals surface area contributed by atoms with E-state index in [4.69, 9.17) is 21.6 Å². The zero-order valence-corrected chi connectivity index (χ0v) is 27.1. The minimum atomic E-state index is -4.38. The molecule has 5 rings (SSSR count). The molecule has 1 heterocycles. The number of nitrogen functional groups attached to an aromatic ring is 2. The fourth-order valence-electron chi connectivity index (χ4n) is 5.99. The number of amidine groups is 1. The number of amides is 2. The molecule has 9 N–H and O–H groups in total. The maximum atomic E-state index is 14.8. The highest BCUT2D eigenvalue weighted by Gasteiger charge is 2.46. The first-order valence-electron chi connectivity index (χ1n) is 15.4. The number of urea groups is 1. The second-order valence-corrected chi connectivity index (χ2v) is 13.5. The second-order valence-electron chi connectivity index (χ2n) is 12.0. The molecule has 0 aliphatic carbocycles. The van der Waals surface area contributed by atoms with Crippen LogP contribution in [0.3, 0.4) is 0 Å². The van der Waals surface area contributed by atoms with Gasteiger partial charge in [-0.15, -0.1) is 0 Å². The van der Waals surface area contributed by atoms with Gasteiger partial charge in [0.1, 0.15) is 23.8 Å². The van der Waals surface area contributed by atoms with E-state index in [1.165, 1.54) is 0 Å². The summed E-state index contributed by atoms with van der Waals surface area (Å²) < 4.78 is 16.5. The third-order valence-corrected chi connectivity index (χ3v) is 8.91. The van der Waals surface area contributed by atoms with Crippen LogP contribution in [0.15, 0.2) is 103 Å². The van der Waals surface area contributed by atoms with Crippen LogP contribution in [-0.2, 0) is 30.5 Å². The van der Waals surface area contributed by atoms with Gasteiger partial charge in [-0.05, 0) is 59.4 Å². The first kappa shape index (κ1) is 34.6. The van der Waals surface area contributed by atoms with Crippen molar-refractivity contribution >= 4 is 25.1 Å². The Balaban J connectivity index is 1.56. The number of anilines is 1. The van der Waals surface area contributed by atoms with Crippen LogP contribution >= 0.6 is 7.60 Å². The number of aliphatic hydroxyl groups excluding tert-OH is 2. The lowest BCUT2D eigenvalue weighted by Gasteiger charge is -2.36. The third-order valence-electron chi connectivity index (χ3n) is 8.44. The normalized spacial score (nSPS) is 20.0. The quantitative estimate of drug-likeness (QED) is 0.0508. The van der Waals surface area contributed by atoms with Gasteiger partial charge in [0.2, 0.25) is 0 Å². The lowest BCUT2D eigenvalue weighted by Crippen LogP contribution is -2.50. The third kappa shape index (κ3) is 8.60. The second kappa shape index (κ2) is 15.0. The van der Waals surface area contributed by atoms with E-state index in [-0.39, 0.29) is 37.5 Å². The Labute approximate surface area is 278 Å². The number of nitrogens with zero attached hydrogens (tertiary/aromatic N) is 2. The zero-order chi connectivity index (χ0) is 34.4. The summed E-state index contributed by atoms with van der Waals surface area (Å²) in [7, 11) is -4.38. The molecule has 1 aliphatic heterocycles. The van der Waals surface area contributed by atoms with Crippen LogP contribution in [0.25, 0.3) is 0 Å². The maximum Gasteiger partial charge on any atom is 0.362 e. The average Bonchev–Trinajstić information content (AvgIpc) is 3.12. The van der Waals surface area contributed by atoms with E-state index in [1.807, 2.05) is 60.7 Å². The summed E-state index contributed by atoms with van der Waals surface area (Å²) >= 11 is 0. The molecule has 4 aromatic rings. The average molecular weight is 674 g/mol. The van der Waals surface area contributed by atoms with Crippen molar-refractivity contribution in [1.29, 1.82) is 5.41 Å². The summed E-state index contributed by atoms with van der Waals surface area (Å²) in [5.41, 5.74) is 15.5. The molecule has 0 saturated carbocycles. The summed E-state index contributed by atoms with van der Waals surface area (Å²) in [5, 5.41) is 31.8. The number of rotatable bonds is 12. The van der Waals surface area contributed by atoms with Crippen molar-refractivity contribution < 1.29 is 34.1 Å². The van der Waals surface area contributed by atoms with Crippen LogP contribution in [0.1, 0.15) is 27.8 Å². The lowest BCUT2D eigenvalue weighted by atomic mass is 9.91. The van der Waals surface area contributed by atoms with Gasteiger partial charge in [0, 0.05) is 24.3 Å². The van der Waals surface area contributed by atoms with E-state index in [0.29, 0.717) is 22.4 Å². The summed E-state index contributed by atoms with van der Waals surface area (Å²) in [5.74, 6) is 0.0281. The number of hydrogen-bond acceptors (Lipinski definition) is 7. The van der Waals surface area contributed by atoms with E-state index in [2.05, 4.69) is 0 Å². The van der Waals surface area contributed by atoms with Gasteiger partial charge in [0.25, 0.3) is 0 Å². The number of hydrogen-bond donors (Lipinski definition) is 7. The molecule has 0 bridgehead atoms. The number of aliphatic hydroxyl groups is 2. The van der Waals surface area contributed by atoms with Crippen LogP contribution in [0.2, 0.25) is 0 Å². The molecule has 2 amide bonds. The number of nitrogens with two attached hydrogens (primary N) is 2. The fourth-order valence-corrected chi connectivity index (χ4v) is 6.31. The molecular formula is C35H40N5O7P. The molecule has 0 spiro atoms. The van der Waals surface area contributed by atoms with E-state index >= 15 is 0 Å². The molecular weight excluding hydrogens is 633 g/mol. The predicted octanol–water partition coefficient (Wildman–Crippen LogP) is 3.45. The van der Waals surface area contributed by atoms with Crippen LogP contribution < -0.4 is 16.2 Å². The van der Waals surface area contributed by atoms with Gasteiger partial charge in [-0.3, -0.25) is 9.97 Å². The SMILES string of the molecule is N=C(N)c1cc(CN2C(=O)N(Cc3ccc(OCP(=O)(O)O)cc3)[C@H](Cc3ccccc3)[C@H](O)[C@@H](O)C2Cc2ccccc2)ccc1N. The highest BCUT2D eigenvalue weighted by molar-refractivity contribution is 7.51. The molecule has 1 saturated heterocycles. The summed E-state index contributed by atoms with van der Waals surface area (Å²) in [6.45, 7) is 0.0816. The van der Waals surface area contributed by atoms with Crippen molar-refractivity contribution in [2.75, 3.05) is 12.1 Å². The van der Waals surface area contributed by atoms with Crippen molar-refractivity contribution in [3.63, 3.8) is 0 Å². The molecule has 12 nitrogen and oxygen atoms in total. The highest BCUT2D eigenvalue weighted by atomic mass is 31.2. The molecule has 13 heteroatoms. The largest absolute Gasteiger partial charge is 0.481 e. The Morgan fingerprint density at radius 2 is 1.23 bits per heavy atom. The van der Waals surface area contributed by atoms with Gasteiger partial charge >= 0.3 is 13.6 Å². The van der Waals surface area contributed by atoms with Gasteiger partial charge in [-0.2, -0.15) is 0 Å². The van der Waals surface area contributed by atoms with Crippen molar-refractivity contribution in [2.24, 2.45) is 5.73 Å². The van der Waals surface area contributed by atoms with E-state index in [1.54, 1.807) is 52.3 Å². The van der Waals surface area contributed by atoms with Gasteiger partial charge in [-0.25, -0.2) is 4.79 Å². The van der Waals surface area contributed by atoms with Crippen LogP contribution in [0.5, 0.6) is 5.75 Å². The smallest absolute Gasteiger partial charge is 0.362 e. The Morgan fingerprint density at radius 3 is 1.71 bits per heavy atom. The van der Waals surface area contributed by atoms with Gasteiger partial charge in [0.05, 0.1) is 12.1 Å². The first-order chi connectivity index (χ1) is 22.9. The van der Waals surface area contributed by atoms with Crippen molar-refractivity contribution in [1.82, 2.24) is 9.80 Å². The summed E-state index contributed by atoms with van der Waals surface area (Å²) in [6, 6.07) is 28.2. The van der Waals surface area contributed by atoms with Crippen LogP contribution in [0.4, 0.5) is 10.5 Å². The maximum absolute atomic E-state index is 14.8. The van der Waals surface area contributed by atoms with Gasteiger partial charge in [0.15, 0.2) is 6.35 Å². The minimum absolute atomic E-state index is 0.0321. The topological polar surface area (TPSA) is 207 Å². The molecule has 0 radical (unpaired) electrons. The molecule has 4 aromatic carbocycles. The number of ether oxygens (including phenoxy) is 1. The van der Waals surface area contributed by atoms with E-state index in [9.17, 15) is 29.4 Å². The molecule has 1 unspecified atom stereocenters. The highest BCUT2D eigenvalue weighted by Crippen LogP contribution is 2.35.